The largest absolute Gasteiger partial charge is 0.0874 e. The molecule has 0 saturated carbocycles. The van der Waals surface area contributed by atoms with Crippen molar-refractivity contribution in [3.05, 3.63) is 24.3 Å². The lowest BCUT2D eigenvalue weighted by Crippen LogP contribution is -1.74. The van der Waals surface area contributed by atoms with E-state index in [1.165, 1.54) is 12.8 Å². The lowest BCUT2D eigenvalue weighted by atomic mass is 10.1. The smallest absolute Gasteiger partial charge is 0.0279 e. The van der Waals surface area contributed by atoms with Crippen LogP contribution in [0, 0.1) is 6.58 Å². The maximum absolute atomic E-state index is 5.60. The van der Waals surface area contributed by atoms with Gasteiger partial charge in [-0.1, -0.05) is 32.1 Å². The Balaban J connectivity index is 3.27. The average molecular weight is 123 g/mol. The molecule has 0 fully saturated rings. The average Bonchev–Trinajstić information content (AvgIpc) is 1.85. The minimum Gasteiger partial charge on any atom is -0.0874 e. The number of rotatable bonds is 4. The van der Waals surface area contributed by atoms with Crippen LogP contribution in [0.15, 0.2) is 17.7 Å². The van der Waals surface area contributed by atoms with Crippen molar-refractivity contribution in [1.82, 2.24) is 0 Å². The van der Waals surface area contributed by atoms with E-state index in [1.807, 2.05) is 19.1 Å². The Hall–Kier alpha value is -0.520. The molecular weight excluding hydrogens is 108 g/mol. The Bertz CT molecular complexity index is 98.6. The zero-order chi connectivity index (χ0) is 7.11. The molecule has 0 aromatic heterocycles. The number of hydrogen-bond acceptors (Lipinski definition) is 0. The Labute approximate surface area is 58.3 Å². The van der Waals surface area contributed by atoms with Crippen molar-refractivity contribution in [1.29, 1.82) is 0 Å². The van der Waals surface area contributed by atoms with E-state index < -0.39 is 0 Å². The maximum Gasteiger partial charge on any atom is -0.0279 e. The lowest BCUT2D eigenvalue weighted by molar-refractivity contribution is 0.798. The molecule has 0 rings (SSSR count). The van der Waals surface area contributed by atoms with Gasteiger partial charge in [0.25, 0.3) is 0 Å². The summed E-state index contributed by atoms with van der Waals surface area (Å²) in [4.78, 5) is 0. The third-order valence-electron chi connectivity index (χ3n) is 1.20. The van der Waals surface area contributed by atoms with Crippen molar-refractivity contribution in [3.8, 4) is 0 Å². The van der Waals surface area contributed by atoms with Crippen LogP contribution in [0.25, 0.3) is 0 Å². The third kappa shape index (κ3) is 5.35. The summed E-state index contributed by atoms with van der Waals surface area (Å²) in [5.41, 5.74) is 0.999. The molecule has 0 unspecified atom stereocenters. The minimum absolute atomic E-state index is 0.999. The van der Waals surface area contributed by atoms with Gasteiger partial charge >= 0.3 is 0 Å². The molecule has 51 valence electrons. The van der Waals surface area contributed by atoms with Crippen LogP contribution in [0.1, 0.15) is 33.1 Å². The molecule has 0 nitrogen and oxygen atoms in total. The van der Waals surface area contributed by atoms with E-state index in [2.05, 4.69) is 6.92 Å². The van der Waals surface area contributed by atoms with E-state index >= 15 is 0 Å². The first-order chi connectivity index (χ1) is 4.31. The molecule has 0 spiro atoms. The van der Waals surface area contributed by atoms with Gasteiger partial charge in [0.1, 0.15) is 0 Å². The summed E-state index contributed by atoms with van der Waals surface area (Å²) in [6.07, 6.45) is 7.41. The van der Waals surface area contributed by atoms with Gasteiger partial charge in [-0.2, -0.15) is 0 Å². The standard InChI is InChI=1S/C9H15/c1-4-6-8-9(3)7-5-2/h3,5,7H,4,6,8H2,1-2H3/b7-5+,9-3?. The van der Waals surface area contributed by atoms with E-state index in [1.54, 1.807) is 0 Å². The monoisotopic (exact) mass is 123 g/mol. The quantitative estimate of drug-likeness (QED) is 0.504. The Morgan fingerprint density at radius 2 is 2.22 bits per heavy atom. The van der Waals surface area contributed by atoms with Crippen molar-refractivity contribution >= 4 is 0 Å². The molecule has 0 amide bonds. The Kier molecular flexibility index (Phi) is 5.29. The van der Waals surface area contributed by atoms with Crippen molar-refractivity contribution in [2.24, 2.45) is 0 Å². The maximum atomic E-state index is 5.60. The summed E-state index contributed by atoms with van der Waals surface area (Å²) >= 11 is 0. The van der Waals surface area contributed by atoms with Crippen molar-refractivity contribution in [2.75, 3.05) is 0 Å². The van der Waals surface area contributed by atoms with Gasteiger partial charge in [0, 0.05) is 0 Å². The molecule has 9 heavy (non-hydrogen) atoms. The van der Waals surface area contributed by atoms with Gasteiger partial charge in [-0.15, -0.1) is 0 Å². The minimum atomic E-state index is 0.999. The molecule has 0 aromatic carbocycles. The zero-order valence-corrected chi connectivity index (χ0v) is 6.35. The number of allylic oxidation sites excluding steroid dienone is 3. The Morgan fingerprint density at radius 3 is 2.67 bits per heavy atom. The fourth-order valence-corrected chi connectivity index (χ4v) is 0.678. The second-order valence-corrected chi connectivity index (χ2v) is 2.18. The van der Waals surface area contributed by atoms with Crippen LogP contribution in [0.4, 0.5) is 0 Å². The molecule has 0 heteroatoms. The van der Waals surface area contributed by atoms with Gasteiger partial charge in [0.15, 0.2) is 0 Å². The first-order valence-electron chi connectivity index (χ1n) is 3.55. The van der Waals surface area contributed by atoms with Crippen molar-refractivity contribution in [2.45, 2.75) is 33.1 Å². The molecule has 0 atom stereocenters. The van der Waals surface area contributed by atoms with Crippen LogP contribution < -0.4 is 0 Å². The van der Waals surface area contributed by atoms with E-state index in [-0.39, 0.29) is 0 Å². The van der Waals surface area contributed by atoms with Crippen molar-refractivity contribution in [3.63, 3.8) is 0 Å². The van der Waals surface area contributed by atoms with Gasteiger partial charge in [-0.25, -0.2) is 0 Å². The van der Waals surface area contributed by atoms with Crippen LogP contribution in [-0.2, 0) is 0 Å². The van der Waals surface area contributed by atoms with Gasteiger partial charge < -0.3 is 0 Å². The first kappa shape index (κ1) is 8.48. The molecule has 1 radical (unpaired) electrons. The van der Waals surface area contributed by atoms with Crippen molar-refractivity contribution < 1.29 is 0 Å². The van der Waals surface area contributed by atoms with Gasteiger partial charge in [-0.05, 0) is 25.3 Å². The van der Waals surface area contributed by atoms with Crippen LogP contribution in [0.3, 0.4) is 0 Å². The summed E-state index contributed by atoms with van der Waals surface area (Å²) in [5.74, 6) is 0. The second kappa shape index (κ2) is 5.61. The molecule has 0 aliphatic heterocycles. The fourth-order valence-electron chi connectivity index (χ4n) is 0.678. The molecule has 0 aliphatic rings. The number of hydrogen-bond donors (Lipinski definition) is 0. The first-order valence-corrected chi connectivity index (χ1v) is 3.55. The summed E-state index contributed by atoms with van der Waals surface area (Å²) in [7, 11) is 0. The highest BCUT2D eigenvalue weighted by molar-refractivity contribution is 5.11. The summed E-state index contributed by atoms with van der Waals surface area (Å²) in [6, 6.07) is 0. The normalized spacial score (nSPS) is 10.4. The molecule has 0 heterocycles. The predicted octanol–water partition coefficient (Wildman–Crippen LogP) is 3.11. The summed E-state index contributed by atoms with van der Waals surface area (Å²) in [5, 5.41) is 0. The topological polar surface area (TPSA) is 0 Å². The third-order valence-corrected chi connectivity index (χ3v) is 1.20. The predicted molar refractivity (Wildman–Crippen MR) is 42.2 cm³/mol. The van der Waals surface area contributed by atoms with E-state index in [0.717, 1.165) is 12.0 Å². The highest BCUT2D eigenvalue weighted by Gasteiger charge is 1.85. The van der Waals surface area contributed by atoms with Gasteiger partial charge in [0.2, 0.25) is 0 Å². The van der Waals surface area contributed by atoms with Crippen LogP contribution in [-0.4, -0.2) is 0 Å². The summed E-state index contributed by atoms with van der Waals surface area (Å²) in [6.45, 7) is 9.75. The highest BCUT2D eigenvalue weighted by Crippen LogP contribution is 2.04. The molecule has 0 aliphatic carbocycles. The number of unbranched alkanes of at least 4 members (excludes halogenated alkanes) is 1. The highest BCUT2D eigenvalue weighted by atomic mass is 13.9. The van der Waals surface area contributed by atoms with Crippen LogP contribution >= 0.6 is 0 Å². The van der Waals surface area contributed by atoms with Crippen LogP contribution in [0.2, 0.25) is 0 Å². The Morgan fingerprint density at radius 1 is 1.56 bits per heavy atom. The van der Waals surface area contributed by atoms with Gasteiger partial charge in [0.05, 0.1) is 0 Å². The van der Waals surface area contributed by atoms with Crippen LogP contribution in [0.5, 0.6) is 0 Å². The van der Waals surface area contributed by atoms with E-state index in [0.29, 0.717) is 0 Å². The summed E-state index contributed by atoms with van der Waals surface area (Å²) < 4.78 is 0. The van der Waals surface area contributed by atoms with Gasteiger partial charge in [-0.3, -0.25) is 0 Å². The SMILES string of the molecule is [CH]=C(/C=C/C)CCCC. The second-order valence-electron chi connectivity index (χ2n) is 2.18. The fraction of sp³-hybridized carbons (Fsp3) is 0.556. The lowest BCUT2D eigenvalue weighted by Gasteiger charge is -1.94. The van der Waals surface area contributed by atoms with E-state index in [4.69, 9.17) is 6.58 Å². The zero-order valence-electron chi connectivity index (χ0n) is 6.35. The molecule has 0 aromatic rings. The molecule has 0 bridgehead atoms. The molecule has 0 saturated heterocycles. The molecular formula is C9H15. The molecule has 0 N–H and O–H groups in total. The van der Waals surface area contributed by atoms with E-state index in [9.17, 15) is 0 Å².